The van der Waals surface area contributed by atoms with Crippen LogP contribution < -0.4 is 0 Å². The Balaban J connectivity index is 1.97. The van der Waals surface area contributed by atoms with Crippen LogP contribution in [0.15, 0.2) is 23.1 Å². The quantitative estimate of drug-likeness (QED) is 0.791. The van der Waals surface area contributed by atoms with Crippen molar-refractivity contribution in [1.82, 2.24) is 4.31 Å². The number of nitrogens with zero attached hydrogens (tertiary/aromatic N) is 1. The van der Waals surface area contributed by atoms with E-state index in [0.717, 1.165) is 24.0 Å². The van der Waals surface area contributed by atoms with E-state index < -0.39 is 10.0 Å². The number of hydrogen-bond donors (Lipinski definition) is 0. The highest BCUT2D eigenvalue weighted by Gasteiger charge is 2.35. The molecule has 6 heteroatoms. The van der Waals surface area contributed by atoms with Gasteiger partial charge < -0.3 is 4.74 Å². The molecule has 1 atom stereocenters. The van der Waals surface area contributed by atoms with E-state index in [9.17, 15) is 13.2 Å². The van der Waals surface area contributed by atoms with Gasteiger partial charge in [-0.2, -0.15) is 4.31 Å². The molecule has 5 nitrogen and oxygen atoms in total. The third kappa shape index (κ3) is 2.46. The van der Waals surface area contributed by atoms with Crippen molar-refractivity contribution in [3.05, 3.63) is 29.3 Å². The summed E-state index contributed by atoms with van der Waals surface area (Å²) in [5.41, 5.74) is 1.74. The van der Waals surface area contributed by atoms with Gasteiger partial charge >= 0.3 is 5.97 Å². The van der Waals surface area contributed by atoms with E-state index in [1.54, 1.807) is 16.4 Å². The molecule has 2 aliphatic rings. The number of esters is 1. The Labute approximate surface area is 124 Å². The van der Waals surface area contributed by atoms with Crippen LogP contribution in [0.3, 0.4) is 0 Å². The Hall–Kier alpha value is -1.40. The predicted molar refractivity (Wildman–Crippen MR) is 77.3 cm³/mol. The Morgan fingerprint density at radius 1 is 1.24 bits per heavy atom. The molecule has 0 spiro atoms. The number of carbonyl (C=O) groups excluding carboxylic acids is 1. The molecule has 0 amide bonds. The summed E-state index contributed by atoms with van der Waals surface area (Å²) >= 11 is 0. The van der Waals surface area contributed by atoms with Gasteiger partial charge in [0.1, 0.15) is 0 Å². The van der Waals surface area contributed by atoms with Crippen LogP contribution in [0.25, 0.3) is 0 Å². The number of methoxy groups -OCH3 is 1. The maximum atomic E-state index is 12.7. The number of rotatable bonds is 3. The van der Waals surface area contributed by atoms with Gasteiger partial charge in [0.25, 0.3) is 0 Å². The largest absolute Gasteiger partial charge is 0.469 e. The number of ether oxygens (including phenoxy) is 1. The van der Waals surface area contributed by atoms with Crippen molar-refractivity contribution in [1.29, 1.82) is 0 Å². The summed E-state index contributed by atoms with van der Waals surface area (Å²) in [4.78, 5) is 12.1. The summed E-state index contributed by atoms with van der Waals surface area (Å²) in [6, 6.07) is 5.33. The lowest BCUT2D eigenvalue weighted by molar-refractivity contribution is -0.145. The summed E-state index contributed by atoms with van der Waals surface area (Å²) in [6.07, 6.45) is 2.84. The molecule has 114 valence electrons. The minimum Gasteiger partial charge on any atom is -0.469 e. The molecular weight excluding hydrogens is 290 g/mol. The van der Waals surface area contributed by atoms with Crippen molar-refractivity contribution < 1.29 is 17.9 Å². The first-order chi connectivity index (χ1) is 10.0. The minimum atomic E-state index is -3.44. The first-order valence-corrected chi connectivity index (χ1v) is 8.67. The van der Waals surface area contributed by atoms with Gasteiger partial charge in [-0.1, -0.05) is 12.1 Å². The second-order valence-electron chi connectivity index (χ2n) is 5.63. The van der Waals surface area contributed by atoms with Crippen molar-refractivity contribution >= 4 is 16.0 Å². The van der Waals surface area contributed by atoms with Gasteiger partial charge in [-0.15, -0.1) is 0 Å². The van der Waals surface area contributed by atoms with E-state index in [4.69, 9.17) is 4.74 Å². The van der Waals surface area contributed by atoms with Gasteiger partial charge in [0, 0.05) is 13.1 Å². The Morgan fingerprint density at radius 3 is 2.62 bits per heavy atom. The van der Waals surface area contributed by atoms with Crippen molar-refractivity contribution in [3.8, 4) is 0 Å². The van der Waals surface area contributed by atoms with E-state index in [0.29, 0.717) is 30.8 Å². The van der Waals surface area contributed by atoms with Gasteiger partial charge in [0.05, 0.1) is 17.9 Å². The maximum absolute atomic E-state index is 12.7. The van der Waals surface area contributed by atoms with E-state index >= 15 is 0 Å². The smallest absolute Gasteiger partial charge is 0.309 e. The van der Waals surface area contributed by atoms with Gasteiger partial charge in [-0.3, -0.25) is 4.79 Å². The molecule has 1 aromatic carbocycles. The van der Waals surface area contributed by atoms with Crippen molar-refractivity contribution in [2.24, 2.45) is 5.92 Å². The van der Waals surface area contributed by atoms with Crippen LogP contribution in [0.2, 0.25) is 0 Å². The van der Waals surface area contributed by atoms with Crippen LogP contribution in [0.4, 0.5) is 0 Å². The molecule has 1 aliphatic carbocycles. The predicted octanol–water partition coefficient (Wildman–Crippen LogP) is 1.36. The number of benzene rings is 1. The minimum absolute atomic E-state index is 0.264. The molecule has 0 bridgehead atoms. The Kier molecular flexibility index (Phi) is 3.75. The van der Waals surface area contributed by atoms with Gasteiger partial charge in [-0.05, 0) is 42.9 Å². The lowest BCUT2D eigenvalue weighted by atomic mass is 10.1. The van der Waals surface area contributed by atoms with Crippen LogP contribution in [0.5, 0.6) is 0 Å². The second-order valence-corrected chi connectivity index (χ2v) is 7.54. The maximum Gasteiger partial charge on any atom is 0.309 e. The van der Waals surface area contributed by atoms with Crippen LogP contribution >= 0.6 is 0 Å². The normalized spacial score (nSPS) is 22.2. The number of hydrogen-bond acceptors (Lipinski definition) is 4. The molecule has 0 aromatic heterocycles. The average molecular weight is 309 g/mol. The highest BCUT2D eigenvalue weighted by molar-refractivity contribution is 7.89. The van der Waals surface area contributed by atoms with Crippen LogP contribution in [0, 0.1) is 5.92 Å². The molecule has 1 heterocycles. The van der Waals surface area contributed by atoms with Crippen LogP contribution in [-0.4, -0.2) is 38.9 Å². The molecular formula is C15H19NO4S. The molecule has 0 radical (unpaired) electrons. The first kappa shape index (κ1) is 14.5. The second kappa shape index (κ2) is 5.42. The monoisotopic (exact) mass is 309 g/mol. The number of fused-ring (bicyclic) bond motifs is 1. The van der Waals surface area contributed by atoms with Crippen molar-refractivity contribution in [2.75, 3.05) is 20.2 Å². The van der Waals surface area contributed by atoms with Crippen LogP contribution in [-0.2, 0) is 32.4 Å². The third-order valence-corrected chi connectivity index (χ3v) is 6.35. The molecule has 0 saturated carbocycles. The highest BCUT2D eigenvalue weighted by Crippen LogP contribution is 2.34. The zero-order valence-electron chi connectivity index (χ0n) is 12.0. The van der Waals surface area contributed by atoms with Crippen molar-refractivity contribution in [2.45, 2.75) is 30.6 Å². The SMILES string of the molecule is COC(=O)C1Cc2cccc(S(=O)(=O)N3CCCC3)c2C1. The molecule has 1 fully saturated rings. The summed E-state index contributed by atoms with van der Waals surface area (Å²) in [5, 5.41) is 0. The third-order valence-electron chi connectivity index (χ3n) is 4.36. The standard InChI is InChI=1S/C15H19NO4S/c1-20-15(17)12-9-11-5-4-6-14(13(11)10-12)21(18,19)16-7-2-3-8-16/h4-6,12H,2-3,7-10H2,1H3. The summed E-state index contributed by atoms with van der Waals surface area (Å²) in [7, 11) is -2.07. The van der Waals surface area contributed by atoms with E-state index in [2.05, 4.69) is 0 Å². The fourth-order valence-electron chi connectivity index (χ4n) is 3.26. The molecule has 3 rings (SSSR count). The lowest BCUT2D eigenvalue weighted by Gasteiger charge is -2.18. The summed E-state index contributed by atoms with van der Waals surface area (Å²) in [6.45, 7) is 1.18. The molecule has 1 aliphatic heterocycles. The van der Waals surface area contributed by atoms with Gasteiger partial charge in [0.15, 0.2) is 0 Å². The lowest BCUT2D eigenvalue weighted by Crippen LogP contribution is -2.28. The zero-order chi connectivity index (χ0) is 15.0. The van der Waals surface area contributed by atoms with Gasteiger partial charge in [-0.25, -0.2) is 8.42 Å². The molecule has 0 N–H and O–H groups in total. The van der Waals surface area contributed by atoms with E-state index in [1.807, 2.05) is 6.07 Å². The zero-order valence-corrected chi connectivity index (χ0v) is 12.9. The molecule has 1 unspecified atom stereocenters. The first-order valence-electron chi connectivity index (χ1n) is 7.23. The fraction of sp³-hybridized carbons (Fsp3) is 0.533. The van der Waals surface area contributed by atoms with E-state index in [1.165, 1.54) is 7.11 Å². The highest BCUT2D eigenvalue weighted by atomic mass is 32.2. The Bertz CT molecular complexity index is 662. The summed E-state index contributed by atoms with van der Waals surface area (Å²) in [5.74, 6) is -0.532. The van der Waals surface area contributed by atoms with Crippen LogP contribution in [0.1, 0.15) is 24.0 Å². The Morgan fingerprint density at radius 2 is 1.95 bits per heavy atom. The number of sulfonamides is 1. The topological polar surface area (TPSA) is 63.7 Å². The van der Waals surface area contributed by atoms with E-state index in [-0.39, 0.29) is 11.9 Å². The van der Waals surface area contributed by atoms with Gasteiger partial charge in [0.2, 0.25) is 10.0 Å². The number of carbonyl (C=O) groups is 1. The average Bonchev–Trinajstić information content (AvgIpc) is 3.14. The molecule has 1 aromatic rings. The fourth-order valence-corrected chi connectivity index (χ4v) is 5.05. The molecule has 1 saturated heterocycles. The molecule has 21 heavy (non-hydrogen) atoms. The summed E-state index contributed by atoms with van der Waals surface area (Å²) < 4.78 is 31.8. The van der Waals surface area contributed by atoms with Crippen molar-refractivity contribution in [3.63, 3.8) is 0 Å².